The first-order valence-electron chi connectivity index (χ1n) is 6.49. The topological polar surface area (TPSA) is 64.4 Å². The molecule has 0 heterocycles. The highest BCUT2D eigenvalue weighted by atomic mass is 31.0. The minimum Gasteiger partial charge on any atom is -0.326 e. The molecule has 0 radical (unpaired) electrons. The highest BCUT2D eigenvalue weighted by Crippen LogP contribution is 2.16. The first-order chi connectivity index (χ1) is 9.24. The van der Waals surface area contributed by atoms with Gasteiger partial charge in [-0.05, 0) is 40.6 Å². The van der Waals surface area contributed by atoms with Gasteiger partial charge in [0, 0.05) is 12.8 Å². The van der Waals surface area contributed by atoms with Gasteiger partial charge in [-0.1, -0.05) is 31.5 Å². The van der Waals surface area contributed by atoms with Crippen molar-refractivity contribution in [1.82, 2.24) is 0 Å². The van der Waals surface area contributed by atoms with Crippen LogP contribution in [0.3, 0.4) is 0 Å². The van der Waals surface area contributed by atoms with Crippen molar-refractivity contribution in [2.24, 2.45) is 16.5 Å². The molecule has 0 unspecified atom stereocenters. The summed E-state index contributed by atoms with van der Waals surface area (Å²) in [6, 6.07) is 6.38. The fourth-order valence-electron chi connectivity index (χ4n) is 1.86. The van der Waals surface area contributed by atoms with Crippen LogP contribution < -0.4 is 11.5 Å². The molecule has 4 N–H and O–H groups in total. The van der Waals surface area contributed by atoms with Crippen molar-refractivity contribution in [3.05, 3.63) is 40.5 Å². The standard InChI is InChI=1S/C15H22N3P/c1-2-3-14-6-12(10-19)4-5-15(14)7-13(8-16)9-18-11-17/h4-7,9-10,19H,2-3,8,11,16-17H2,1H3/b13-7-,18-9-. The Morgan fingerprint density at radius 1 is 1.37 bits per heavy atom. The van der Waals surface area contributed by atoms with Crippen LogP contribution in [-0.2, 0) is 6.42 Å². The van der Waals surface area contributed by atoms with E-state index in [0.717, 1.165) is 18.4 Å². The number of nitrogens with zero attached hydrogens (tertiary/aromatic N) is 1. The van der Waals surface area contributed by atoms with E-state index in [1.807, 2.05) is 5.80 Å². The fraction of sp³-hybridized carbons (Fsp3) is 0.333. The number of rotatable bonds is 7. The molecule has 3 nitrogen and oxygen atoms in total. The maximum Gasteiger partial charge on any atom is 0.0859 e. The van der Waals surface area contributed by atoms with Crippen LogP contribution in [0.25, 0.3) is 6.08 Å². The number of aryl methyl sites for hydroxylation is 1. The molecule has 0 bridgehead atoms. The van der Waals surface area contributed by atoms with Crippen LogP contribution in [0.15, 0.2) is 28.8 Å². The zero-order valence-electron chi connectivity index (χ0n) is 11.4. The Balaban J connectivity index is 3.13. The minimum absolute atomic E-state index is 0.288. The van der Waals surface area contributed by atoms with E-state index in [4.69, 9.17) is 11.5 Å². The molecule has 0 saturated carbocycles. The SMILES string of the molecule is CCCc1cc(C=P)ccc1/C=C(\C=N/CN)CN. The van der Waals surface area contributed by atoms with Crippen molar-refractivity contribution in [2.75, 3.05) is 13.2 Å². The zero-order valence-corrected chi connectivity index (χ0v) is 12.4. The third-order valence-corrected chi connectivity index (χ3v) is 3.13. The van der Waals surface area contributed by atoms with Gasteiger partial charge in [0.25, 0.3) is 0 Å². The second-order valence-corrected chi connectivity index (χ2v) is 4.56. The van der Waals surface area contributed by atoms with E-state index in [1.54, 1.807) is 6.21 Å². The molecule has 0 aliphatic carbocycles. The predicted octanol–water partition coefficient (Wildman–Crippen LogP) is 2.26. The van der Waals surface area contributed by atoms with Crippen LogP contribution >= 0.6 is 8.86 Å². The summed E-state index contributed by atoms with van der Waals surface area (Å²) in [6.07, 6.45) is 5.99. The van der Waals surface area contributed by atoms with Crippen molar-refractivity contribution in [2.45, 2.75) is 19.8 Å². The molecule has 0 aliphatic heterocycles. The number of aliphatic imine (C=N–C) groups is 1. The first kappa shape index (κ1) is 15.8. The van der Waals surface area contributed by atoms with Crippen LogP contribution in [0, 0.1) is 0 Å². The lowest BCUT2D eigenvalue weighted by molar-refractivity contribution is 0.919. The largest absolute Gasteiger partial charge is 0.326 e. The second-order valence-electron chi connectivity index (χ2n) is 4.27. The van der Waals surface area contributed by atoms with E-state index in [1.165, 1.54) is 16.7 Å². The smallest absolute Gasteiger partial charge is 0.0859 e. The van der Waals surface area contributed by atoms with E-state index >= 15 is 0 Å². The number of hydrogen-bond acceptors (Lipinski definition) is 3. The Bertz CT molecular complexity index is 478. The molecular weight excluding hydrogens is 253 g/mol. The van der Waals surface area contributed by atoms with Crippen LogP contribution in [0.1, 0.15) is 30.0 Å². The number of hydrogen-bond donors (Lipinski definition) is 2. The zero-order chi connectivity index (χ0) is 14.1. The van der Waals surface area contributed by atoms with Gasteiger partial charge < -0.3 is 11.5 Å². The van der Waals surface area contributed by atoms with Gasteiger partial charge in [0.2, 0.25) is 0 Å². The fourth-order valence-corrected chi connectivity index (χ4v) is 2.04. The van der Waals surface area contributed by atoms with E-state index in [9.17, 15) is 0 Å². The Kier molecular flexibility index (Phi) is 7.27. The summed E-state index contributed by atoms with van der Waals surface area (Å²) in [6.45, 7) is 2.93. The lowest BCUT2D eigenvalue weighted by Gasteiger charge is -2.08. The van der Waals surface area contributed by atoms with Gasteiger partial charge in [-0.3, -0.25) is 4.99 Å². The monoisotopic (exact) mass is 275 g/mol. The molecule has 0 aliphatic rings. The van der Waals surface area contributed by atoms with Crippen LogP contribution in [0.5, 0.6) is 0 Å². The van der Waals surface area contributed by atoms with Crippen LogP contribution in [0.4, 0.5) is 0 Å². The molecule has 0 spiro atoms. The summed E-state index contributed by atoms with van der Waals surface area (Å²) in [5.41, 5.74) is 15.8. The van der Waals surface area contributed by atoms with Gasteiger partial charge in [0.05, 0.1) is 6.67 Å². The summed E-state index contributed by atoms with van der Waals surface area (Å²) in [4.78, 5) is 4.04. The van der Waals surface area contributed by atoms with Crippen molar-refractivity contribution >= 4 is 27.0 Å². The third-order valence-electron chi connectivity index (χ3n) is 2.79. The molecule has 1 rings (SSSR count). The molecule has 1 aromatic rings. The quantitative estimate of drug-likeness (QED) is 0.592. The van der Waals surface area contributed by atoms with Gasteiger partial charge in [-0.15, -0.1) is 8.86 Å². The van der Waals surface area contributed by atoms with E-state index < -0.39 is 0 Å². The average molecular weight is 275 g/mol. The minimum atomic E-state index is 0.288. The van der Waals surface area contributed by atoms with Gasteiger partial charge in [-0.2, -0.15) is 0 Å². The predicted molar refractivity (Wildman–Crippen MR) is 88.5 cm³/mol. The second kappa shape index (κ2) is 8.76. The van der Waals surface area contributed by atoms with Gasteiger partial charge >= 0.3 is 0 Å². The Morgan fingerprint density at radius 2 is 2.16 bits per heavy atom. The molecule has 19 heavy (non-hydrogen) atoms. The van der Waals surface area contributed by atoms with Gasteiger partial charge in [-0.25, -0.2) is 0 Å². The molecular formula is C15H22N3P. The van der Waals surface area contributed by atoms with Crippen molar-refractivity contribution in [1.29, 1.82) is 0 Å². The van der Waals surface area contributed by atoms with Crippen molar-refractivity contribution in [3.63, 3.8) is 0 Å². The lowest BCUT2D eigenvalue weighted by atomic mass is 9.99. The summed E-state index contributed by atoms with van der Waals surface area (Å²) in [7, 11) is 3.42. The maximum atomic E-state index is 5.73. The van der Waals surface area contributed by atoms with Crippen LogP contribution in [0.2, 0.25) is 0 Å². The summed E-state index contributed by atoms with van der Waals surface area (Å²) in [5.74, 6) is 1.92. The number of nitrogens with two attached hydrogens (primary N) is 2. The third kappa shape index (κ3) is 5.07. The average Bonchev–Trinajstić information content (AvgIpc) is 2.45. The molecule has 1 aromatic carbocycles. The lowest BCUT2D eigenvalue weighted by Crippen LogP contribution is -2.06. The molecule has 0 aromatic heterocycles. The molecule has 0 saturated heterocycles. The van der Waals surface area contributed by atoms with Gasteiger partial charge in [0.15, 0.2) is 0 Å². The Labute approximate surface area is 117 Å². The molecule has 0 amide bonds. The van der Waals surface area contributed by atoms with Crippen LogP contribution in [-0.4, -0.2) is 25.2 Å². The van der Waals surface area contributed by atoms with E-state index in [0.29, 0.717) is 6.54 Å². The van der Waals surface area contributed by atoms with Crippen molar-refractivity contribution < 1.29 is 0 Å². The van der Waals surface area contributed by atoms with Crippen molar-refractivity contribution in [3.8, 4) is 0 Å². The highest BCUT2D eigenvalue weighted by Gasteiger charge is 2.01. The first-order valence-corrected chi connectivity index (χ1v) is 7.06. The van der Waals surface area contributed by atoms with Gasteiger partial charge in [0.1, 0.15) is 0 Å². The Hall–Kier alpha value is -1.28. The molecule has 0 fully saturated rings. The Morgan fingerprint density at radius 3 is 2.74 bits per heavy atom. The normalized spacial score (nSPS) is 12.1. The molecule has 102 valence electrons. The van der Waals surface area contributed by atoms with E-state index in [2.05, 4.69) is 45.1 Å². The molecule has 4 heteroatoms. The number of benzene rings is 1. The summed E-state index contributed by atoms with van der Waals surface area (Å²) >= 11 is 0. The maximum absolute atomic E-state index is 5.73. The highest BCUT2D eigenvalue weighted by molar-refractivity contribution is 7.19. The molecule has 0 atom stereocenters. The summed E-state index contributed by atoms with van der Waals surface area (Å²) < 4.78 is 0. The van der Waals surface area contributed by atoms with E-state index in [-0.39, 0.29) is 6.67 Å². The summed E-state index contributed by atoms with van der Waals surface area (Å²) in [5, 5.41) is 0.